The Balaban J connectivity index is 2.06. The van der Waals surface area contributed by atoms with E-state index in [9.17, 15) is 5.11 Å². The molecule has 0 spiro atoms. The third-order valence-corrected chi connectivity index (χ3v) is 2.73. The van der Waals surface area contributed by atoms with Gasteiger partial charge in [0.25, 0.3) is 0 Å². The van der Waals surface area contributed by atoms with Gasteiger partial charge in [0.15, 0.2) is 0 Å². The number of nitrogens with one attached hydrogen (secondary N) is 1. The highest BCUT2D eigenvalue weighted by molar-refractivity contribution is 7.80. The van der Waals surface area contributed by atoms with E-state index < -0.39 is 6.10 Å². The summed E-state index contributed by atoms with van der Waals surface area (Å²) < 4.78 is 0. The van der Waals surface area contributed by atoms with Crippen LogP contribution in [-0.2, 0) is 0 Å². The van der Waals surface area contributed by atoms with Crippen molar-refractivity contribution in [2.75, 3.05) is 5.32 Å². The van der Waals surface area contributed by atoms with Crippen LogP contribution in [0.25, 0.3) is 0 Å². The molecule has 0 heterocycles. The smallest absolute Gasteiger partial charge is 0.129 e. The molecule has 2 aromatic carbocycles. The maximum atomic E-state index is 10.0. The van der Waals surface area contributed by atoms with Crippen molar-refractivity contribution in [3.8, 4) is 0 Å². The summed E-state index contributed by atoms with van der Waals surface area (Å²) in [5, 5.41) is 13.1. The zero-order valence-electron chi connectivity index (χ0n) is 9.21. The molecule has 0 saturated carbocycles. The van der Waals surface area contributed by atoms with Crippen molar-refractivity contribution in [1.82, 2.24) is 0 Å². The Labute approximate surface area is 106 Å². The van der Waals surface area contributed by atoms with Crippen LogP contribution in [0.2, 0.25) is 0 Å². The zero-order valence-corrected chi connectivity index (χ0v) is 10.0. The van der Waals surface area contributed by atoms with Crippen LogP contribution in [0.15, 0.2) is 60.7 Å². The fourth-order valence-corrected chi connectivity index (χ4v) is 1.77. The molecule has 0 aliphatic heterocycles. The lowest BCUT2D eigenvalue weighted by Gasteiger charge is -2.14. The number of anilines is 1. The van der Waals surface area contributed by atoms with Gasteiger partial charge in [-0.1, -0.05) is 60.7 Å². The first-order valence-corrected chi connectivity index (χ1v) is 5.77. The molecule has 17 heavy (non-hydrogen) atoms. The van der Waals surface area contributed by atoms with Crippen molar-refractivity contribution < 1.29 is 5.11 Å². The average Bonchev–Trinajstić information content (AvgIpc) is 2.40. The van der Waals surface area contributed by atoms with Gasteiger partial charge in [0.2, 0.25) is 0 Å². The largest absolute Gasteiger partial charge is 0.381 e. The van der Waals surface area contributed by atoms with Gasteiger partial charge in [0.05, 0.1) is 0 Å². The van der Waals surface area contributed by atoms with E-state index in [1.165, 1.54) is 0 Å². The van der Waals surface area contributed by atoms with Crippen molar-refractivity contribution >= 4 is 22.9 Å². The first kappa shape index (κ1) is 11.8. The lowest BCUT2D eigenvalue weighted by atomic mass is 10.1. The monoisotopic (exact) mass is 243 g/mol. The van der Waals surface area contributed by atoms with Crippen LogP contribution in [0, 0.1) is 0 Å². The number of aliphatic hydroxyl groups excluding tert-OH is 1. The number of hydrogen-bond acceptors (Lipinski definition) is 2. The first-order valence-electron chi connectivity index (χ1n) is 5.36. The molecular formula is C14H13NOS. The molecule has 0 aromatic heterocycles. The number of aliphatic hydroxyl groups is 1. The van der Waals surface area contributed by atoms with Gasteiger partial charge in [-0.25, -0.2) is 0 Å². The third kappa shape index (κ3) is 3.12. The SMILES string of the molecule is OC(C(=S)Nc1ccccc1)c1ccccc1. The Morgan fingerprint density at radius 3 is 2.06 bits per heavy atom. The van der Waals surface area contributed by atoms with Crippen LogP contribution in [0.3, 0.4) is 0 Å². The number of hydrogen-bond donors (Lipinski definition) is 2. The molecule has 1 unspecified atom stereocenters. The van der Waals surface area contributed by atoms with E-state index in [1.807, 2.05) is 60.7 Å². The maximum absolute atomic E-state index is 10.0. The topological polar surface area (TPSA) is 32.3 Å². The van der Waals surface area contributed by atoms with Gasteiger partial charge in [0, 0.05) is 5.69 Å². The number of thiocarbonyl (C=S) groups is 1. The van der Waals surface area contributed by atoms with E-state index in [0.717, 1.165) is 11.3 Å². The van der Waals surface area contributed by atoms with Crippen molar-refractivity contribution in [3.63, 3.8) is 0 Å². The molecule has 0 fully saturated rings. The van der Waals surface area contributed by atoms with Gasteiger partial charge in [-0.15, -0.1) is 0 Å². The Bertz CT molecular complexity index is 484. The third-order valence-electron chi connectivity index (χ3n) is 2.40. The van der Waals surface area contributed by atoms with Gasteiger partial charge in [-0.2, -0.15) is 0 Å². The molecule has 2 nitrogen and oxygen atoms in total. The summed E-state index contributed by atoms with van der Waals surface area (Å²) >= 11 is 5.18. The molecule has 0 amide bonds. The highest BCUT2D eigenvalue weighted by Crippen LogP contribution is 2.16. The van der Waals surface area contributed by atoms with E-state index in [0.29, 0.717) is 4.99 Å². The highest BCUT2D eigenvalue weighted by Gasteiger charge is 2.12. The Morgan fingerprint density at radius 2 is 1.47 bits per heavy atom. The van der Waals surface area contributed by atoms with Crippen LogP contribution >= 0.6 is 12.2 Å². The van der Waals surface area contributed by atoms with Crippen molar-refractivity contribution in [3.05, 3.63) is 66.2 Å². The van der Waals surface area contributed by atoms with Gasteiger partial charge in [-0.05, 0) is 17.7 Å². The number of benzene rings is 2. The van der Waals surface area contributed by atoms with E-state index in [4.69, 9.17) is 12.2 Å². The summed E-state index contributed by atoms with van der Waals surface area (Å²) in [5.74, 6) is 0. The lowest BCUT2D eigenvalue weighted by molar-refractivity contribution is 0.250. The van der Waals surface area contributed by atoms with E-state index in [2.05, 4.69) is 5.32 Å². The second-order valence-corrected chi connectivity index (χ2v) is 4.11. The fraction of sp³-hybridized carbons (Fsp3) is 0.0714. The highest BCUT2D eigenvalue weighted by atomic mass is 32.1. The molecule has 0 radical (unpaired) electrons. The Hall–Kier alpha value is -1.71. The van der Waals surface area contributed by atoms with Crippen molar-refractivity contribution in [1.29, 1.82) is 0 Å². The maximum Gasteiger partial charge on any atom is 0.129 e. The average molecular weight is 243 g/mol. The molecule has 0 saturated heterocycles. The minimum Gasteiger partial charge on any atom is -0.381 e. The summed E-state index contributed by atoms with van der Waals surface area (Å²) in [6.07, 6.45) is -0.772. The Kier molecular flexibility index (Phi) is 3.85. The van der Waals surface area contributed by atoms with Crippen LogP contribution in [0.4, 0.5) is 5.69 Å². The molecule has 2 aromatic rings. The van der Waals surface area contributed by atoms with Gasteiger partial charge in [-0.3, -0.25) is 0 Å². The zero-order chi connectivity index (χ0) is 12.1. The van der Waals surface area contributed by atoms with Gasteiger partial charge in [0.1, 0.15) is 11.1 Å². The van der Waals surface area contributed by atoms with E-state index in [1.54, 1.807) is 0 Å². The minimum atomic E-state index is -0.772. The number of rotatable bonds is 3. The molecule has 1 atom stereocenters. The summed E-state index contributed by atoms with van der Waals surface area (Å²) in [7, 11) is 0. The molecule has 3 heteroatoms. The number of para-hydroxylation sites is 1. The summed E-state index contributed by atoms with van der Waals surface area (Å²) in [6, 6.07) is 18.9. The predicted molar refractivity (Wildman–Crippen MR) is 74.1 cm³/mol. The van der Waals surface area contributed by atoms with Crippen LogP contribution in [-0.4, -0.2) is 10.1 Å². The second-order valence-electron chi connectivity index (χ2n) is 3.67. The summed E-state index contributed by atoms with van der Waals surface area (Å²) in [4.78, 5) is 0.405. The molecule has 0 aliphatic rings. The minimum absolute atomic E-state index is 0.405. The fourth-order valence-electron chi connectivity index (χ4n) is 1.52. The standard InChI is InChI=1S/C14H13NOS/c16-13(11-7-3-1-4-8-11)14(17)15-12-9-5-2-6-10-12/h1-10,13,16H,(H,15,17). The Morgan fingerprint density at radius 1 is 0.941 bits per heavy atom. The molecule has 2 N–H and O–H groups in total. The summed E-state index contributed by atoms with van der Waals surface area (Å²) in [6.45, 7) is 0. The van der Waals surface area contributed by atoms with Gasteiger partial charge >= 0.3 is 0 Å². The van der Waals surface area contributed by atoms with Crippen molar-refractivity contribution in [2.45, 2.75) is 6.10 Å². The first-order chi connectivity index (χ1) is 8.27. The summed E-state index contributed by atoms with van der Waals surface area (Å²) in [5.41, 5.74) is 1.67. The quantitative estimate of drug-likeness (QED) is 0.812. The van der Waals surface area contributed by atoms with Crippen LogP contribution < -0.4 is 5.32 Å². The predicted octanol–water partition coefficient (Wildman–Crippen LogP) is 3.16. The molecule has 0 aliphatic carbocycles. The molecule has 86 valence electrons. The second kappa shape index (κ2) is 5.57. The van der Waals surface area contributed by atoms with Crippen LogP contribution in [0.1, 0.15) is 11.7 Å². The van der Waals surface area contributed by atoms with Crippen LogP contribution in [0.5, 0.6) is 0 Å². The lowest BCUT2D eigenvalue weighted by Crippen LogP contribution is -2.18. The van der Waals surface area contributed by atoms with Crippen molar-refractivity contribution in [2.24, 2.45) is 0 Å². The normalized spacial score (nSPS) is 11.8. The van der Waals surface area contributed by atoms with E-state index >= 15 is 0 Å². The van der Waals surface area contributed by atoms with E-state index in [-0.39, 0.29) is 0 Å². The van der Waals surface area contributed by atoms with Gasteiger partial charge < -0.3 is 10.4 Å². The molecule has 2 rings (SSSR count). The molecule has 0 bridgehead atoms. The molecular weight excluding hydrogens is 230 g/mol.